The van der Waals surface area contributed by atoms with Crippen LogP contribution in [0.5, 0.6) is 11.6 Å². The summed E-state index contributed by atoms with van der Waals surface area (Å²) in [5.74, 6) is 2.01. The average Bonchev–Trinajstić information content (AvgIpc) is 2.78. The van der Waals surface area contributed by atoms with Gasteiger partial charge in [-0.3, -0.25) is 4.79 Å². The molecule has 3 aromatic rings. The van der Waals surface area contributed by atoms with Crippen molar-refractivity contribution in [2.45, 2.75) is 33.6 Å². The summed E-state index contributed by atoms with van der Waals surface area (Å²) in [7, 11) is 0. The number of anilines is 2. The van der Waals surface area contributed by atoms with Crippen LogP contribution in [0, 0.1) is 26.7 Å². The standard InChI is InChI=1S/C25H28N4O2/c1-17-4-7-21(8-5-17)31-25-23(26-12-13-27-25)29-14-10-20(11-15-29)24(30)28-22-9-6-18(2)16-19(22)3/h4-9,12-13,16,20H,10-11,14-15H2,1-3H3,(H,28,30). The van der Waals surface area contributed by atoms with Gasteiger partial charge in [-0.15, -0.1) is 0 Å². The van der Waals surface area contributed by atoms with Crippen molar-refractivity contribution in [3.05, 3.63) is 71.5 Å². The summed E-state index contributed by atoms with van der Waals surface area (Å²) in [6.45, 7) is 7.58. The van der Waals surface area contributed by atoms with Gasteiger partial charge in [0.1, 0.15) is 5.75 Å². The fourth-order valence-corrected chi connectivity index (χ4v) is 3.87. The van der Waals surface area contributed by atoms with E-state index in [1.165, 1.54) is 11.1 Å². The Morgan fingerprint density at radius 1 is 0.968 bits per heavy atom. The summed E-state index contributed by atoms with van der Waals surface area (Å²) in [5, 5.41) is 3.10. The van der Waals surface area contributed by atoms with Crippen LogP contribution in [0.15, 0.2) is 54.9 Å². The van der Waals surface area contributed by atoms with Gasteiger partial charge in [0.05, 0.1) is 0 Å². The van der Waals surface area contributed by atoms with Crippen LogP contribution in [-0.2, 0) is 4.79 Å². The van der Waals surface area contributed by atoms with Gasteiger partial charge in [-0.1, -0.05) is 35.4 Å². The first-order valence-electron chi connectivity index (χ1n) is 10.7. The third-order valence-electron chi connectivity index (χ3n) is 5.69. The topological polar surface area (TPSA) is 67.4 Å². The van der Waals surface area contributed by atoms with Crippen LogP contribution in [0.2, 0.25) is 0 Å². The molecule has 0 spiro atoms. The molecule has 0 unspecified atom stereocenters. The Balaban J connectivity index is 1.39. The van der Waals surface area contributed by atoms with E-state index in [0.29, 0.717) is 5.88 Å². The number of amides is 1. The average molecular weight is 417 g/mol. The Hall–Kier alpha value is -3.41. The maximum atomic E-state index is 12.8. The summed E-state index contributed by atoms with van der Waals surface area (Å²) in [5.41, 5.74) is 4.34. The lowest BCUT2D eigenvalue weighted by Gasteiger charge is -2.32. The number of piperidine rings is 1. The highest BCUT2D eigenvalue weighted by Crippen LogP contribution is 2.31. The van der Waals surface area contributed by atoms with E-state index in [-0.39, 0.29) is 11.8 Å². The number of benzene rings is 2. The van der Waals surface area contributed by atoms with Crippen molar-refractivity contribution in [3.63, 3.8) is 0 Å². The highest BCUT2D eigenvalue weighted by atomic mass is 16.5. The minimum atomic E-state index is -0.0184. The SMILES string of the molecule is Cc1ccc(Oc2nccnc2N2CCC(C(=O)Nc3ccc(C)cc3C)CC2)cc1. The van der Waals surface area contributed by atoms with Crippen LogP contribution in [0.4, 0.5) is 11.5 Å². The Morgan fingerprint density at radius 2 is 1.65 bits per heavy atom. The fraction of sp³-hybridized carbons (Fsp3) is 0.320. The lowest BCUT2D eigenvalue weighted by atomic mass is 9.95. The number of ether oxygens (including phenoxy) is 1. The van der Waals surface area contributed by atoms with Gasteiger partial charge >= 0.3 is 0 Å². The normalized spacial score (nSPS) is 14.4. The van der Waals surface area contributed by atoms with Crippen molar-refractivity contribution in [1.82, 2.24) is 9.97 Å². The molecule has 0 bridgehead atoms. The van der Waals surface area contributed by atoms with Crippen LogP contribution in [-0.4, -0.2) is 29.0 Å². The third kappa shape index (κ3) is 5.02. The minimum Gasteiger partial charge on any atom is -0.436 e. The van der Waals surface area contributed by atoms with E-state index in [0.717, 1.165) is 48.7 Å². The first-order chi connectivity index (χ1) is 15.0. The Bertz CT molecular complexity index is 1060. The molecule has 1 fully saturated rings. The second kappa shape index (κ2) is 9.16. The van der Waals surface area contributed by atoms with E-state index in [1.54, 1.807) is 12.4 Å². The second-order valence-electron chi connectivity index (χ2n) is 8.17. The van der Waals surface area contributed by atoms with Crippen molar-refractivity contribution >= 4 is 17.4 Å². The van der Waals surface area contributed by atoms with Crippen LogP contribution >= 0.6 is 0 Å². The maximum Gasteiger partial charge on any atom is 0.263 e. The number of carbonyl (C=O) groups excluding carboxylic acids is 1. The molecule has 6 heteroatoms. The molecular formula is C25H28N4O2. The molecule has 1 N–H and O–H groups in total. The predicted molar refractivity (Wildman–Crippen MR) is 123 cm³/mol. The van der Waals surface area contributed by atoms with Crippen LogP contribution in [0.25, 0.3) is 0 Å². The summed E-state index contributed by atoms with van der Waals surface area (Å²) in [6.07, 6.45) is 4.84. The molecule has 0 aliphatic carbocycles. The summed E-state index contributed by atoms with van der Waals surface area (Å²) in [4.78, 5) is 23.9. The molecule has 160 valence electrons. The molecule has 31 heavy (non-hydrogen) atoms. The zero-order chi connectivity index (χ0) is 21.8. The summed E-state index contributed by atoms with van der Waals surface area (Å²) in [6, 6.07) is 14.0. The predicted octanol–water partition coefficient (Wildman–Crippen LogP) is 5.05. The summed E-state index contributed by atoms with van der Waals surface area (Å²) < 4.78 is 6.00. The van der Waals surface area contributed by atoms with E-state index >= 15 is 0 Å². The monoisotopic (exact) mass is 416 g/mol. The molecule has 1 amide bonds. The van der Waals surface area contributed by atoms with Crippen molar-refractivity contribution in [2.24, 2.45) is 5.92 Å². The molecule has 0 atom stereocenters. The number of nitrogens with zero attached hydrogens (tertiary/aromatic N) is 3. The fourth-order valence-electron chi connectivity index (χ4n) is 3.87. The van der Waals surface area contributed by atoms with Crippen LogP contribution in [0.1, 0.15) is 29.5 Å². The lowest BCUT2D eigenvalue weighted by Crippen LogP contribution is -2.38. The van der Waals surface area contributed by atoms with Gasteiger partial charge in [-0.25, -0.2) is 9.97 Å². The van der Waals surface area contributed by atoms with Crippen molar-refractivity contribution < 1.29 is 9.53 Å². The molecule has 1 saturated heterocycles. The molecule has 1 aliphatic heterocycles. The largest absolute Gasteiger partial charge is 0.436 e. The van der Waals surface area contributed by atoms with Crippen LogP contribution < -0.4 is 15.0 Å². The number of aryl methyl sites for hydroxylation is 3. The van der Waals surface area contributed by atoms with Gasteiger partial charge in [0, 0.05) is 37.1 Å². The quantitative estimate of drug-likeness (QED) is 0.630. The molecule has 0 radical (unpaired) electrons. The van der Waals surface area contributed by atoms with Gasteiger partial charge in [0.15, 0.2) is 5.82 Å². The molecule has 2 aromatic carbocycles. The lowest BCUT2D eigenvalue weighted by molar-refractivity contribution is -0.120. The molecule has 4 rings (SSSR count). The van der Waals surface area contributed by atoms with E-state index in [1.807, 2.05) is 50.2 Å². The molecule has 0 saturated carbocycles. The van der Waals surface area contributed by atoms with E-state index in [9.17, 15) is 4.79 Å². The number of carbonyl (C=O) groups is 1. The number of rotatable bonds is 5. The number of hydrogen-bond donors (Lipinski definition) is 1. The van der Waals surface area contributed by atoms with Crippen molar-refractivity contribution in [3.8, 4) is 11.6 Å². The van der Waals surface area contributed by atoms with E-state index in [2.05, 4.69) is 33.2 Å². The number of nitrogens with one attached hydrogen (secondary N) is 1. The highest BCUT2D eigenvalue weighted by Gasteiger charge is 2.27. The maximum absolute atomic E-state index is 12.8. The zero-order valence-corrected chi connectivity index (χ0v) is 18.3. The first-order valence-corrected chi connectivity index (χ1v) is 10.7. The van der Waals surface area contributed by atoms with Crippen LogP contribution in [0.3, 0.4) is 0 Å². The van der Waals surface area contributed by atoms with Crippen molar-refractivity contribution in [2.75, 3.05) is 23.3 Å². The highest BCUT2D eigenvalue weighted by molar-refractivity contribution is 5.93. The van der Waals surface area contributed by atoms with Gasteiger partial charge in [0.25, 0.3) is 5.88 Å². The summed E-state index contributed by atoms with van der Waals surface area (Å²) >= 11 is 0. The van der Waals surface area contributed by atoms with Gasteiger partial charge < -0.3 is 15.0 Å². The Kier molecular flexibility index (Phi) is 6.16. The van der Waals surface area contributed by atoms with E-state index in [4.69, 9.17) is 4.74 Å². The molecule has 6 nitrogen and oxygen atoms in total. The molecular weight excluding hydrogens is 388 g/mol. The minimum absolute atomic E-state index is 0.0184. The smallest absolute Gasteiger partial charge is 0.263 e. The third-order valence-corrected chi connectivity index (χ3v) is 5.69. The molecule has 2 heterocycles. The molecule has 1 aromatic heterocycles. The second-order valence-corrected chi connectivity index (χ2v) is 8.17. The first kappa shape index (κ1) is 20.8. The zero-order valence-electron chi connectivity index (χ0n) is 18.3. The van der Waals surface area contributed by atoms with E-state index < -0.39 is 0 Å². The Labute approximate surface area is 183 Å². The van der Waals surface area contributed by atoms with Gasteiger partial charge in [0.2, 0.25) is 5.91 Å². The number of aromatic nitrogens is 2. The van der Waals surface area contributed by atoms with Gasteiger partial charge in [-0.2, -0.15) is 0 Å². The van der Waals surface area contributed by atoms with Gasteiger partial charge in [-0.05, 0) is 57.4 Å². The Morgan fingerprint density at radius 3 is 2.35 bits per heavy atom. The number of hydrogen-bond acceptors (Lipinski definition) is 5. The van der Waals surface area contributed by atoms with Crippen molar-refractivity contribution in [1.29, 1.82) is 0 Å². The molecule has 1 aliphatic rings.